The van der Waals surface area contributed by atoms with Crippen molar-refractivity contribution in [2.24, 2.45) is 0 Å². The Bertz CT molecular complexity index is 540. The molecule has 0 bridgehead atoms. The SMILES string of the molecule is Cc1cc(NC(=O)CCl)c2ccccc2n1. The molecule has 1 heterocycles. The zero-order valence-corrected chi connectivity index (χ0v) is 9.58. The van der Waals surface area contributed by atoms with Gasteiger partial charge in [0.05, 0.1) is 11.2 Å². The molecule has 1 N–H and O–H groups in total. The second-order valence-corrected chi connectivity index (χ2v) is 3.78. The van der Waals surface area contributed by atoms with Gasteiger partial charge in [0.2, 0.25) is 5.91 Å². The Labute approximate surface area is 98.4 Å². The Hall–Kier alpha value is -1.61. The number of para-hydroxylation sites is 1. The lowest BCUT2D eigenvalue weighted by atomic mass is 10.1. The summed E-state index contributed by atoms with van der Waals surface area (Å²) in [5.74, 6) is -0.257. The van der Waals surface area contributed by atoms with E-state index in [4.69, 9.17) is 11.6 Å². The maximum atomic E-state index is 11.3. The van der Waals surface area contributed by atoms with Crippen molar-refractivity contribution in [2.75, 3.05) is 11.2 Å². The van der Waals surface area contributed by atoms with Crippen molar-refractivity contribution in [2.45, 2.75) is 6.92 Å². The summed E-state index contributed by atoms with van der Waals surface area (Å²) in [5.41, 5.74) is 2.49. The van der Waals surface area contributed by atoms with E-state index in [2.05, 4.69) is 10.3 Å². The molecule has 0 aliphatic carbocycles. The quantitative estimate of drug-likeness (QED) is 0.812. The van der Waals surface area contributed by atoms with Gasteiger partial charge in [-0.15, -0.1) is 11.6 Å². The van der Waals surface area contributed by atoms with E-state index < -0.39 is 0 Å². The van der Waals surface area contributed by atoms with Crippen molar-refractivity contribution in [3.8, 4) is 0 Å². The fourth-order valence-corrected chi connectivity index (χ4v) is 1.66. The van der Waals surface area contributed by atoms with Gasteiger partial charge >= 0.3 is 0 Å². The highest BCUT2D eigenvalue weighted by Crippen LogP contribution is 2.22. The molecule has 2 rings (SSSR count). The van der Waals surface area contributed by atoms with Crippen LogP contribution >= 0.6 is 11.6 Å². The molecular formula is C12H11ClN2O. The summed E-state index contributed by atoms with van der Waals surface area (Å²) in [5, 5.41) is 3.69. The largest absolute Gasteiger partial charge is 0.324 e. The number of hydrogen-bond acceptors (Lipinski definition) is 2. The highest BCUT2D eigenvalue weighted by Gasteiger charge is 2.06. The maximum absolute atomic E-state index is 11.3. The summed E-state index contributed by atoms with van der Waals surface area (Å²) in [6.45, 7) is 1.89. The lowest BCUT2D eigenvalue weighted by Crippen LogP contribution is -2.13. The maximum Gasteiger partial charge on any atom is 0.239 e. The Morgan fingerprint density at radius 2 is 2.19 bits per heavy atom. The fourth-order valence-electron chi connectivity index (χ4n) is 1.59. The van der Waals surface area contributed by atoms with Gasteiger partial charge in [0, 0.05) is 11.1 Å². The first-order valence-electron chi connectivity index (χ1n) is 4.93. The first-order chi connectivity index (χ1) is 7.70. The van der Waals surface area contributed by atoms with E-state index in [-0.39, 0.29) is 11.8 Å². The van der Waals surface area contributed by atoms with Crippen LogP contribution in [0.2, 0.25) is 0 Å². The van der Waals surface area contributed by atoms with E-state index in [9.17, 15) is 4.79 Å². The number of rotatable bonds is 2. The van der Waals surface area contributed by atoms with Gasteiger partial charge < -0.3 is 5.32 Å². The molecule has 82 valence electrons. The van der Waals surface area contributed by atoms with Crippen LogP contribution in [0.15, 0.2) is 30.3 Å². The van der Waals surface area contributed by atoms with Gasteiger partial charge in [0.1, 0.15) is 5.88 Å². The van der Waals surface area contributed by atoms with Crippen molar-refractivity contribution >= 4 is 34.1 Å². The van der Waals surface area contributed by atoms with Gasteiger partial charge in [-0.3, -0.25) is 9.78 Å². The van der Waals surface area contributed by atoms with E-state index >= 15 is 0 Å². The van der Waals surface area contributed by atoms with Crippen molar-refractivity contribution in [1.29, 1.82) is 0 Å². The topological polar surface area (TPSA) is 42.0 Å². The summed E-state index contributed by atoms with van der Waals surface area (Å²) in [6, 6.07) is 9.51. The van der Waals surface area contributed by atoms with Crippen LogP contribution in [0.4, 0.5) is 5.69 Å². The van der Waals surface area contributed by atoms with E-state index in [1.807, 2.05) is 37.3 Å². The fraction of sp³-hybridized carbons (Fsp3) is 0.167. The van der Waals surface area contributed by atoms with Crippen LogP contribution in [0.5, 0.6) is 0 Å². The van der Waals surface area contributed by atoms with Crippen molar-refractivity contribution < 1.29 is 4.79 Å². The number of fused-ring (bicyclic) bond motifs is 1. The summed E-state index contributed by atoms with van der Waals surface area (Å²) in [7, 11) is 0. The number of carbonyl (C=O) groups is 1. The first kappa shape index (κ1) is 10.9. The zero-order valence-electron chi connectivity index (χ0n) is 8.83. The molecule has 0 saturated heterocycles. The van der Waals surface area contributed by atoms with Gasteiger partial charge in [-0.25, -0.2) is 0 Å². The smallest absolute Gasteiger partial charge is 0.239 e. The average molecular weight is 235 g/mol. The number of aromatic nitrogens is 1. The average Bonchev–Trinajstić information content (AvgIpc) is 2.28. The van der Waals surface area contributed by atoms with Gasteiger partial charge in [-0.05, 0) is 19.1 Å². The number of anilines is 1. The first-order valence-corrected chi connectivity index (χ1v) is 5.46. The number of nitrogens with zero attached hydrogens (tertiary/aromatic N) is 1. The molecule has 2 aromatic rings. The third-order valence-electron chi connectivity index (χ3n) is 2.24. The molecule has 3 nitrogen and oxygen atoms in total. The van der Waals surface area contributed by atoms with Crippen LogP contribution in [-0.2, 0) is 4.79 Å². The predicted octanol–water partition coefficient (Wildman–Crippen LogP) is 2.72. The highest BCUT2D eigenvalue weighted by molar-refractivity contribution is 6.29. The second-order valence-electron chi connectivity index (χ2n) is 3.51. The number of benzene rings is 1. The minimum absolute atomic E-state index is 0.0459. The van der Waals surface area contributed by atoms with Gasteiger partial charge in [-0.1, -0.05) is 18.2 Å². The minimum atomic E-state index is -0.211. The molecule has 1 aromatic carbocycles. The third kappa shape index (κ3) is 2.14. The molecule has 0 radical (unpaired) electrons. The lowest BCUT2D eigenvalue weighted by molar-refractivity contribution is -0.113. The number of amides is 1. The predicted molar refractivity (Wildman–Crippen MR) is 65.8 cm³/mol. The van der Waals surface area contributed by atoms with Crippen LogP contribution in [0.25, 0.3) is 10.9 Å². The standard InChI is InChI=1S/C12H11ClN2O/c1-8-6-11(15-12(16)7-13)9-4-2-3-5-10(9)14-8/h2-6H,7H2,1H3,(H,14,15,16). The number of hydrogen-bond donors (Lipinski definition) is 1. The monoisotopic (exact) mass is 234 g/mol. The minimum Gasteiger partial charge on any atom is -0.324 e. The van der Waals surface area contributed by atoms with Crippen molar-refractivity contribution in [1.82, 2.24) is 4.98 Å². The molecule has 0 unspecified atom stereocenters. The van der Waals surface area contributed by atoms with E-state index in [0.29, 0.717) is 0 Å². The molecule has 0 saturated carbocycles. The molecule has 0 fully saturated rings. The molecule has 0 atom stereocenters. The summed E-state index contributed by atoms with van der Waals surface area (Å²) >= 11 is 5.47. The number of nitrogens with one attached hydrogen (secondary N) is 1. The Kier molecular flexibility index (Phi) is 3.06. The molecule has 0 aliphatic heterocycles. The number of pyridine rings is 1. The lowest BCUT2D eigenvalue weighted by Gasteiger charge is -2.08. The van der Waals surface area contributed by atoms with Crippen molar-refractivity contribution in [3.63, 3.8) is 0 Å². The Morgan fingerprint density at radius 3 is 2.94 bits per heavy atom. The van der Waals surface area contributed by atoms with Crippen LogP contribution in [-0.4, -0.2) is 16.8 Å². The van der Waals surface area contributed by atoms with E-state index in [1.54, 1.807) is 0 Å². The normalized spacial score (nSPS) is 10.4. The van der Waals surface area contributed by atoms with E-state index in [0.717, 1.165) is 22.3 Å². The molecule has 1 amide bonds. The molecular weight excluding hydrogens is 224 g/mol. The third-order valence-corrected chi connectivity index (χ3v) is 2.48. The number of carbonyl (C=O) groups excluding carboxylic acids is 1. The van der Waals surface area contributed by atoms with Gasteiger partial charge in [0.15, 0.2) is 0 Å². The van der Waals surface area contributed by atoms with Crippen LogP contribution < -0.4 is 5.32 Å². The summed E-state index contributed by atoms with van der Waals surface area (Å²) in [4.78, 5) is 15.7. The Balaban J connectivity index is 2.54. The van der Waals surface area contributed by atoms with Gasteiger partial charge in [-0.2, -0.15) is 0 Å². The number of alkyl halides is 1. The van der Waals surface area contributed by atoms with E-state index in [1.165, 1.54) is 0 Å². The Morgan fingerprint density at radius 1 is 1.44 bits per heavy atom. The molecule has 4 heteroatoms. The molecule has 16 heavy (non-hydrogen) atoms. The molecule has 0 aliphatic rings. The number of aryl methyl sites for hydroxylation is 1. The summed E-state index contributed by atoms with van der Waals surface area (Å²) in [6.07, 6.45) is 0. The van der Waals surface area contributed by atoms with Crippen LogP contribution in [0.3, 0.4) is 0 Å². The molecule has 1 aromatic heterocycles. The van der Waals surface area contributed by atoms with Crippen LogP contribution in [0, 0.1) is 6.92 Å². The van der Waals surface area contributed by atoms with Crippen LogP contribution in [0.1, 0.15) is 5.69 Å². The van der Waals surface area contributed by atoms with Crippen molar-refractivity contribution in [3.05, 3.63) is 36.0 Å². The zero-order chi connectivity index (χ0) is 11.5. The highest BCUT2D eigenvalue weighted by atomic mass is 35.5. The second kappa shape index (κ2) is 4.49. The molecule has 0 spiro atoms. The number of halogens is 1. The van der Waals surface area contributed by atoms with Gasteiger partial charge in [0.25, 0.3) is 0 Å². The summed E-state index contributed by atoms with van der Waals surface area (Å²) < 4.78 is 0.